The van der Waals surface area contributed by atoms with Gasteiger partial charge in [0, 0.05) is 12.1 Å². The quantitative estimate of drug-likeness (QED) is 0.340. The van der Waals surface area contributed by atoms with E-state index >= 15 is 0 Å². The van der Waals surface area contributed by atoms with Crippen LogP contribution in [-0.2, 0) is 13.8 Å². The van der Waals surface area contributed by atoms with E-state index in [0.717, 1.165) is 19.3 Å². The molecule has 1 unspecified atom stereocenters. The second kappa shape index (κ2) is 12.5. The number of carbonyl (C=O) groups is 1. The maximum atomic E-state index is 12.9. The van der Waals surface area contributed by atoms with Crippen molar-refractivity contribution < 1.29 is 27.0 Å². The summed E-state index contributed by atoms with van der Waals surface area (Å²) in [6.07, 6.45) is -1.58. The molecule has 27 heavy (non-hydrogen) atoms. The molecule has 0 heterocycles. The monoisotopic (exact) mass is 414 g/mol. The van der Waals surface area contributed by atoms with Crippen molar-refractivity contribution in [2.75, 3.05) is 13.2 Å². The molecule has 0 saturated heterocycles. The molecular weight excluding hydrogens is 382 g/mol. The van der Waals surface area contributed by atoms with E-state index in [0.29, 0.717) is 6.42 Å². The van der Waals surface area contributed by atoms with Crippen molar-refractivity contribution in [1.82, 2.24) is 9.76 Å². The fourth-order valence-corrected chi connectivity index (χ4v) is 5.52. The van der Waals surface area contributed by atoms with E-state index < -0.39 is 20.1 Å². The second-order valence-corrected chi connectivity index (χ2v) is 8.90. The van der Waals surface area contributed by atoms with Crippen molar-refractivity contribution in [3.8, 4) is 6.07 Å². The van der Waals surface area contributed by atoms with Crippen LogP contribution >= 0.6 is 8.02 Å². The number of hydrogen-bond acceptors (Lipinski definition) is 5. The van der Waals surface area contributed by atoms with Crippen LogP contribution in [0.5, 0.6) is 0 Å². The van der Waals surface area contributed by atoms with Crippen molar-refractivity contribution in [2.24, 2.45) is 0 Å². The molecule has 0 bridgehead atoms. The lowest BCUT2D eigenvalue weighted by molar-refractivity contribution is -0.172. The van der Waals surface area contributed by atoms with Crippen LogP contribution in [-0.4, -0.2) is 42.1 Å². The molecular formula is C17H32F3N3O3P+. The van der Waals surface area contributed by atoms with Gasteiger partial charge in [0.25, 0.3) is 0 Å². The van der Waals surface area contributed by atoms with Crippen molar-refractivity contribution in [3.63, 3.8) is 0 Å². The Bertz CT molecular complexity index is 476. The lowest BCUT2D eigenvalue weighted by Crippen LogP contribution is -2.48. The first-order valence-corrected chi connectivity index (χ1v) is 10.8. The van der Waals surface area contributed by atoms with E-state index in [4.69, 9.17) is 14.3 Å². The minimum absolute atomic E-state index is 0.0210. The SMILES string of the molecule is CCCCCCO[P+](NC(=O)C(F)(F)F)(OCCC#N)N(C(C)C)C(C)C. The standard InChI is InChI=1S/C17H31F3N3O3P/c1-6-7-8-9-12-25-27(26-13-10-11-21,22-16(24)17(18,19)20)23(14(2)3)15(4)5/h14-15H,6-10,12-13H2,1-5H3/p+1. The molecule has 0 aliphatic heterocycles. The Hall–Kier alpha value is -0.940. The minimum Gasteiger partial charge on any atom is -0.261 e. The summed E-state index contributed by atoms with van der Waals surface area (Å²) in [7, 11) is -3.59. The zero-order valence-corrected chi connectivity index (χ0v) is 17.7. The molecule has 0 aromatic heterocycles. The average Bonchev–Trinajstić information content (AvgIpc) is 2.53. The van der Waals surface area contributed by atoms with Gasteiger partial charge in [0.1, 0.15) is 6.61 Å². The molecule has 1 atom stereocenters. The zero-order chi connectivity index (χ0) is 21.1. The Morgan fingerprint density at radius 2 is 1.67 bits per heavy atom. The first kappa shape index (κ1) is 26.1. The number of nitriles is 1. The van der Waals surface area contributed by atoms with E-state index in [-0.39, 0.29) is 31.7 Å². The first-order chi connectivity index (χ1) is 12.5. The molecule has 1 N–H and O–H groups in total. The summed E-state index contributed by atoms with van der Waals surface area (Å²) in [4.78, 5) is 11.7. The zero-order valence-electron chi connectivity index (χ0n) is 16.8. The number of alkyl halides is 3. The third-order valence-corrected chi connectivity index (χ3v) is 6.69. The third-order valence-electron chi connectivity index (χ3n) is 3.61. The Labute approximate surface area is 161 Å². The van der Waals surface area contributed by atoms with Crippen LogP contribution < -0.4 is 5.09 Å². The van der Waals surface area contributed by atoms with Crippen molar-refractivity contribution in [3.05, 3.63) is 0 Å². The highest BCUT2D eigenvalue weighted by atomic mass is 31.2. The molecule has 10 heteroatoms. The van der Waals surface area contributed by atoms with Crippen LogP contribution in [0.2, 0.25) is 0 Å². The van der Waals surface area contributed by atoms with Gasteiger partial charge in [0.05, 0.1) is 19.1 Å². The lowest BCUT2D eigenvalue weighted by Gasteiger charge is -2.36. The summed E-state index contributed by atoms with van der Waals surface area (Å²) in [5.41, 5.74) is 0. The summed E-state index contributed by atoms with van der Waals surface area (Å²) in [5, 5.41) is 10.8. The lowest BCUT2D eigenvalue weighted by atomic mass is 10.2. The van der Waals surface area contributed by atoms with Crippen molar-refractivity contribution in [1.29, 1.82) is 5.26 Å². The Balaban J connectivity index is 5.72. The number of rotatable bonds is 13. The van der Waals surface area contributed by atoms with Gasteiger partial charge in [-0.05, 0) is 34.1 Å². The number of nitrogens with one attached hydrogen (secondary N) is 1. The van der Waals surface area contributed by atoms with Gasteiger partial charge < -0.3 is 0 Å². The van der Waals surface area contributed by atoms with Crippen LogP contribution in [0.3, 0.4) is 0 Å². The molecule has 0 fully saturated rings. The average molecular weight is 414 g/mol. The van der Waals surface area contributed by atoms with Gasteiger partial charge >= 0.3 is 20.1 Å². The highest BCUT2D eigenvalue weighted by Crippen LogP contribution is 2.62. The van der Waals surface area contributed by atoms with Gasteiger partial charge in [0.15, 0.2) is 0 Å². The molecule has 0 rings (SSSR count). The van der Waals surface area contributed by atoms with Gasteiger partial charge in [0.2, 0.25) is 0 Å². The van der Waals surface area contributed by atoms with Crippen LogP contribution in [0.1, 0.15) is 66.7 Å². The number of halogens is 3. The van der Waals surface area contributed by atoms with Gasteiger partial charge in [-0.2, -0.15) is 32.6 Å². The van der Waals surface area contributed by atoms with Crippen LogP contribution in [0.15, 0.2) is 0 Å². The molecule has 6 nitrogen and oxygen atoms in total. The second-order valence-electron chi connectivity index (χ2n) is 6.66. The van der Waals surface area contributed by atoms with Crippen molar-refractivity contribution in [2.45, 2.75) is 85.0 Å². The Morgan fingerprint density at radius 1 is 1.11 bits per heavy atom. The fraction of sp³-hybridized carbons (Fsp3) is 0.882. The summed E-state index contributed by atoms with van der Waals surface area (Å²) in [6.45, 7) is 9.25. The maximum Gasteiger partial charge on any atom is 0.474 e. The normalized spacial score (nSPS) is 14.4. The van der Waals surface area contributed by atoms with E-state index in [2.05, 4.69) is 0 Å². The highest BCUT2D eigenvalue weighted by molar-refractivity contribution is 7.62. The number of carbonyl (C=O) groups excluding carboxylic acids is 1. The summed E-state index contributed by atoms with van der Waals surface area (Å²) in [6, 6.07) is 1.40. The van der Waals surface area contributed by atoms with Crippen LogP contribution in [0, 0.1) is 11.3 Å². The topological polar surface area (TPSA) is 74.6 Å². The molecule has 0 aliphatic carbocycles. The molecule has 0 radical (unpaired) electrons. The predicted octanol–water partition coefficient (Wildman–Crippen LogP) is 4.99. The van der Waals surface area contributed by atoms with Gasteiger partial charge in [-0.1, -0.05) is 26.2 Å². The molecule has 158 valence electrons. The number of nitrogens with zero attached hydrogens (tertiary/aromatic N) is 2. The molecule has 0 spiro atoms. The van der Waals surface area contributed by atoms with Gasteiger partial charge in [-0.15, -0.1) is 4.67 Å². The minimum atomic E-state index is -5.06. The Morgan fingerprint density at radius 3 is 2.11 bits per heavy atom. The fourth-order valence-electron chi connectivity index (χ4n) is 2.62. The van der Waals surface area contributed by atoms with Crippen LogP contribution in [0.4, 0.5) is 13.2 Å². The number of hydrogen-bond donors (Lipinski definition) is 1. The third kappa shape index (κ3) is 9.20. The van der Waals surface area contributed by atoms with Crippen molar-refractivity contribution >= 4 is 13.9 Å². The summed E-state index contributed by atoms with van der Waals surface area (Å²) >= 11 is 0. The van der Waals surface area contributed by atoms with E-state index in [9.17, 15) is 18.0 Å². The highest BCUT2D eigenvalue weighted by Gasteiger charge is 2.58. The number of amides is 1. The van der Waals surface area contributed by atoms with E-state index in [1.54, 1.807) is 32.4 Å². The van der Waals surface area contributed by atoms with Gasteiger partial charge in [-0.3, -0.25) is 4.79 Å². The first-order valence-electron chi connectivity index (χ1n) is 9.25. The predicted molar refractivity (Wildman–Crippen MR) is 99.5 cm³/mol. The van der Waals surface area contributed by atoms with Gasteiger partial charge in [-0.25, -0.2) is 0 Å². The van der Waals surface area contributed by atoms with Crippen LogP contribution in [0.25, 0.3) is 0 Å². The molecule has 0 aliphatic rings. The van der Waals surface area contributed by atoms with E-state index in [1.165, 1.54) is 0 Å². The van der Waals surface area contributed by atoms with E-state index in [1.807, 2.05) is 18.1 Å². The summed E-state index contributed by atoms with van der Waals surface area (Å²) in [5.74, 6) is -2.10. The maximum absolute atomic E-state index is 12.9. The summed E-state index contributed by atoms with van der Waals surface area (Å²) < 4.78 is 52.0. The Kier molecular flexibility index (Phi) is 12.1. The largest absolute Gasteiger partial charge is 0.474 e. The molecule has 0 aromatic rings. The molecule has 1 amide bonds. The molecule has 0 aromatic carbocycles. The molecule has 0 saturated carbocycles. The smallest absolute Gasteiger partial charge is 0.261 e. The number of unbranched alkanes of at least 4 members (excludes halogenated alkanes) is 3.